The van der Waals surface area contributed by atoms with Gasteiger partial charge >= 0.3 is 0 Å². The van der Waals surface area contributed by atoms with Gasteiger partial charge in [-0.1, -0.05) is 0 Å². The fraction of sp³-hybridized carbons (Fsp3) is 0.240. The van der Waals surface area contributed by atoms with Gasteiger partial charge in [0, 0.05) is 37.8 Å². The zero-order valence-corrected chi connectivity index (χ0v) is 20.8. The van der Waals surface area contributed by atoms with Gasteiger partial charge in [0.15, 0.2) is 23.5 Å². The molecule has 0 spiro atoms. The summed E-state index contributed by atoms with van der Waals surface area (Å²) in [4.78, 5) is 14.3. The van der Waals surface area contributed by atoms with Crippen molar-refractivity contribution in [2.75, 3.05) is 25.9 Å². The standard InChI is InChI=1S/C25H20F5N9O/c1-33-25(34-10-31)38-6-2-3-12(9-38)39-24-18(23(32)35-11-36-24)21(37-39)14-5-4-13(7-15(14)26)40-22-19(29)16(27)8-17(28)20(22)30/h4-5,7-8,11-12H,2-3,6,9H2,1H3,(H,33,34)(H2,32,35,36). The normalized spacial score (nSPS) is 15.8. The van der Waals surface area contributed by atoms with E-state index in [1.54, 1.807) is 11.7 Å². The number of hydrogen-bond donors (Lipinski definition) is 2. The second-order valence-corrected chi connectivity index (χ2v) is 8.82. The number of ether oxygens (including phenoxy) is 1. The SMILES string of the molecule is CN=C(NC#N)N1CCCC(n2nc(-c3ccc(Oc4c(F)c(F)cc(F)c4F)cc3F)c3c(N)ncnc32)C1. The summed E-state index contributed by atoms with van der Waals surface area (Å²) in [6, 6.07) is 2.96. The molecular formula is C25H20F5N9O. The van der Waals surface area contributed by atoms with Crippen molar-refractivity contribution in [3.05, 3.63) is 59.7 Å². The fourth-order valence-corrected chi connectivity index (χ4v) is 4.62. The average Bonchev–Trinajstić information content (AvgIpc) is 3.34. The lowest BCUT2D eigenvalue weighted by molar-refractivity contribution is 0.246. The van der Waals surface area contributed by atoms with Crippen molar-refractivity contribution in [1.82, 2.24) is 30.0 Å². The van der Waals surface area contributed by atoms with Crippen LogP contribution in [0.25, 0.3) is 22.3 Å². The van der Waals surface area contributed by atoms with Crippen molar-refractivity contribution in [2.45, 2.75) is 18.9 Å². The predicted octanol–water partition coefficient (Wildman–Crippen LogP) is 4.26. The molecule has 3 heterocycles. The largest absolute Gasteiger partial charge is 0.451 e. The van der Waals surface area contributed by atoms with Gasteiger partial charge in [-0.25, -0.2) is 27.8 Å². The molecule has 15 heteroatoms. The maximum absolute atomic E-state index is 15.4. The van der Waals surface area contributed by atoms with E-state index >= 15 is 4.39 Å². The zero-order valence-electron chi connectivity index (χ0n) is 20.8. The maximum Gasteiger partial charge on any atom is 0.207 e. The smallest absolute Gasteiger partial charge is 0.207 e. The summed E-state index contributed by atoms with van der Waals surface area (Å²) in [5.74, 6) is -9.11. The van der Waals surface area contributed by atoms with Crippen LogP contribution in [-0.2, 0) is 0 Å². The molecule has 1 atom stereocenters. The first-order valence-corrected chi connectivity index (χ1v) is 11.9. The van der Waals surface area contributed by atoms with Gasteiger partial charge in [0.25, 0.3) is 0 Å². The minimum absolute atomic E-state index is 0.0382. The molecule has 1 saturated heterocycles. The number of fused-ring (bicyclic) bond motifs is 1. The third-order valence-corrected chi connectivity index (χ3v) is 6.43. The molecule has 0 bridgehead atoms. The van der Waals surface area contributed by atoms with Crippen LogP contribution in [-0.4, -0.2) is 50.7 Å². The molecule has 1 aliphatic rings. The van der Waals surface area contributed by atoms with E-state index in [1.807, 2.05) is 11.1 Å². The second-order valence-electron chi connectivity index (χ2n) is 8.82. The summed E-state index contributed by atoms with van der Waals surface area (Å²) >= 11 is 0. The Balaban J connectivity index is 1.53. The summed E-state index contributed by atoms with van der Waals surface area (Å²) in [7, 11) is 1.56. The third-order valence-electron chi connectivity index (χ3n) is 6.43. The predicted molar refractivity (Wildman–Crippen MR) is 133 cm³/mol. The Kier molecular flexibility index (Phi) is 7.07. The number of guanidine groups is 1. The molecule has 1 fully saturated rings. The quantitative estimate of drug-likeness (QED) is 0.0951. The van der Waals surface area contributed by atoms with Gasteiger partial charge in [0.1, 0.15) is 29.4 Å². The van der Waals surface area contributed by atoms with Crippen LogP contribution >= 0.6 is 0 Å². The van der Waals surface area contributed by atoms with Gasteiger partial charge in [0.2, 0.25) is 23.3 Å². The first-order chi connectivity index (χ1) is 19.2. The summed E-state index contributed by atoms with van der Waals surface area (Å²) in [5.41, 5.74) is 6.52. The number of nitrogens with one attached hydrogen (secondary N) is 1. The van der Waals surface area contributed by atoms with Crippen molar-refractivity contribution in [3.8, 4) is 28.9 Å². The van der Waals surface area contributed by atoms with E-state index < -0.39 is 40.6 Å². The molecule has 0 aliphatic carbocycles. The third kappa shape index (κ3) is 4.68. The highest BCUT2D eigenvalue weighted by Gasteiger charge is 2.29. The Bertz CT molecular complexity index is 1660. The number of nitrogen functional groups attached to an aromatic ring is 1. The number of halogens is 5. The van der Waals surface area contributed by atoms with Crippen LogP contribution in [0, 0.1) is 40.5 Å². The van der Waals surface area contributed by atoms with Crippen molar-refractivity contribution in [2.24, 2.45) is 4.99 Å². The van der Waals surface area contributed by atoms with Gasteiger partial charge in [-0.2, -0.15) is 19.1 Å². The van der Waals surface area contributed by atoms with Crippen LogP contribution in [0.1, 0.15) is 18.9 Å². The van der Waals surface area contributed by atoms with E-state index in [0.29, 0.717) is 31.1 Å². The summed E-state index contributed by atoms with van der Waals surface area (Å²) < 4.78 is 77.2. The summed E-state index contributed by atoms with van der Waals surface area (Å²) in [6.45, 7) is 1.06. The van der Waals surface area contributed by atoms with E-state index in [2.05, 4.69) is 25.4 Å². The first-order valence-electron chi connectivity index (χ1n) is 11.9. The molecule has 206 valence electrons. The van der Waals surface area contributed by atoms with E-state index in [-0.39, 0.29) is 34.6 Å². The second kappa shape index (κ2) is 10.6. The highest BCUT2D eigenvalue weighted by atomic mass is 19.2. The van der Waals surface area contributed by atoms with E-state index in [0.717, 1.165) is 18.6 Å². The van der Waals surface area contributed by atoms with Crippen LogP contribution in [0.4, 0.5) is 27.8 Å². The number of benzene rings is 2. The fourth-order valence-electron chi connectivity index (χ4n) is 4.62. The molecule has 1 aliphatic heterocycles. The Labute approximate surface area is 223 Å². The minimum Gasteiger partial charge on any atom is -0.451 e. The Hall–Kier alpha value is -5.00. The number of rotatable bonds is 4. The van der Waals surface area contributed by atoms with E-state index in [4.69, 9.17) is 15.7 Å². The lowest BCUT2D eigenvalue weighted by Crippen LogP contribution is -2.45. The van der Waals surface area contributed by atoms with Crippen LogP contribution in [0.5, 0.6) is 11.5 Å². The number of aromatic nitrogens is 4. The molecule has 2 aromatic carbocycles. The lowest BCUT2D eigenvalue weighted by Gasteiger charge is -2.34. The molecule has 40 heavy (non-hydrogen) atoms. The van der Waals surface area contributed by atoms with Crippen LogP contribution in [0.15, 0.2) is 35.6 Å². The van der Waals surface area contributed by atoms with Crippen molar-refractivity contribution in [3.63, 3.8) is 0 Å². The van der Waals surface area contributed by atoms with Crippen LogP contribution in [0.2, 0.25) is 0 Å². The molecule has 0 saturated carbocycles. The zero-order chi connectivity index (χ0) is 28.6. The molecular weight excluding hydrogens is 537 g/mol. The maximum atomic E-state index is 15.4. The van der Waals surface area contributed by atoms with Crippen molar-refractivity contribution in [1.29, 1.82) is 5.26 Å². The summed E-state index contributed by atoms with van der Waals surface area (Å²) in [5, 5.41) is 16.5. The average molecular weight is 557 g/mol. The molecule has 1 unspecified atom stereocenters. The van der Waals surface area contributed by atoms with Crippen LogP contribution in [0.3, 0.4) is 0 Å². The Morgan fingerprint density at radius 3 is 2.55 bits per heavy atom. The van der Waals surface area contributed by atoms with Gasteiger partial charge < -0.3 is 15.4 Å². The molecule has 0 amide bonds. The van der Waals surface area contributed by atoms with Gasteiger partial charge in [-0.15, -0.1) is 0 Å². The molecule has 2 aromatic heterocycles. The Morgan fingerprint density at radius 1 is 1.12 bits per heavy atom. The monoisotopic (exact) mass is 557 g/mol. The highest BCUT2D eigenvalue weighted by molar-refractivity contribution is 5.98. The molecule has 5 rings (SSSR count). The molecule has 10 nitrogen and oxygen atoms in total. The van der Waals surface area contributed by atoms with Gasteiger partial charge in [0.05, 0.1) is 11.4 Å². The Morgan fingerprint density at radius 2 is 1.88 bits per heavy atom. The lowest BCUT2D eigenvalue weighted by atomic mass is 10.1. The molecule has 4 aromatic rings. The molecule has 3 N–H and O–H groups in total. The number of nitriles is 1. The molecule has 0 radical (unpaired) electrons. The van der Waals surface area contributed by atoms with Gasteiger partial charge in [-0.05, 0) is 25.0 Å². The minimum atomic E-state index is -1.76. The van der Waals surface area contributed by atoms with E-state index in [9.17, 15) is 17.6 Å². The van der Waals surface area contributed by atoms with Crippen molar-refractivity contribution < 1.29 is 26.7 Å². The number of nitrogens with two attached hydrogens (primary N) is 1. The first kappa shape index (κ1) is 26.6. The van der Waals surface area contributed by atoms with E-state index in [1.165, 1.54) is 12.4 Å². The highest BCUT2D eigenvalue weighted by Crippen LogP contribution is 2.37. The number of likely N-dealkylation sites (tertiary alicyclic amines) is 1. The number of piperidine rings is 1. The number of anilines is 1. The number of aliphatic imine (C=N–C) groups is 1. The summed E-state index contributed by atoms with van der Waals surface area (Å²) in [6.07, 6.45) is 4.54. The van der Waals surface area contributed by atoms with Crippen LogP contribution < -0.4 is 15.8 Å². The van der Waals surface area contributed by atoms with Crippen molar-refractivity contribution >= 4 is 22.8 Å². The topological polar surface area (TPSA) is 130 Å². The number of hydrogen-bond acceptors (Lipinski definition) is 7. The van der Waals surface area contributed by atoms with Gasteiger partial charge in [-0.3, -0.25) is 10.3 Å². The number of nitrogens with zero attached hydrogens (tertiary/aromatic N) is 7.